The molecule has 0 bridgehead atoms. The predicted octanol–water partition coefficient (Wildman–Crippen LogP) is -0.0935. The average molecular weight is 314 g/mol. The molecule has 1 heterocycles. The van der Waals surface area contributed by atoms with E-state index in [9.17, 15) is 9.59 Å². The Bertz CT molecular complexity index is 722. The van der Waals surface area contributed by atoms with Gasteiger partial charge in [-0.3, -0.25) is 4.79 Å². The lowest BCUT2D eigenvalue weighted by Gasteiger charge is -2.08. The Labute approximate surface area is 131 Å². The number of nitrogens with one attached hydrogen (secondary N) is 1. The van der Waals surface area contributed by atoms with Crippen LogP contribution >= 0.6 is 0 Å². The van der Waals surface area contributed by atoms with E-state index in [0.717, 1.165) is 5.56 Å². The maximum atomic E-state index is 11.9. The third-order valence-corrected chi connectivity index (χ3v) is 2.75. The van der Waals surface area contributed by atoms with Crippen molar-refractivity contribution in [2.24, 2.45) is 0 Å². The molecule has 0 aliphatic rings. The molecular formula is C14H14N6O3. The van der Waals surface area contributed by atoms with Crippen LogP contribution in [0.25, 0.3) is 0 Å². The molecule has 0 spiro atoms. The number of benzene rings is 1. The van der Waals surface area contributed by atoms with Gasteiger partial charge in [0.25, 0.3) is 11.7 Å². The molecule has 23 heavy (non-hydrogen) atoms. The van der Waals surface area contributed by atoms with Crippen LogP contribution in [0.2, 0.25) is 0 Å². The van der Waals surface area contributed by atoms with Crippen molar-refractivity contribution >= 4 is 11.9 Å². The summed E-state index contributed by atoms with van der Waals surface area (Å²) in [6.07, 6.45) is 0. The van der Waals surface area contributed by atoms with Crippen molar-refractivity contribution in [1.82, 2.24) is 25.5 Å². The van der Waals surface area contributed by atoms with Crippen LogP contribution in [-0.2, 0) is 16.1 Å². The molecule has 1 aromatic carbocycles. The molecule has 2 aromatic rings. The van der Waals surface area contributed by atoms with Crippen molar-refractivity contribution in [3.8, 4) is 6.07 Å². The zero-order valence-corrected chi connectivity index (χ0v) is 12.3. The summed E-state index contributed by atoms with van der Waals surface area (Å²) in [5, 5.41) is 22.4. The van der Waals surface area contributed by atoms with Gasteiger partial charge in [-0.25, -0.2) is 4.79 Å². The second-order valence-electron chi connectivity index (χ2n) is 4.42. The molecule has 118 valence electrons. The van der Waals surface area contributed by atoms with E-state index in [4.69, 9.17) is 5.26 Å². The Morgan fingerprint density at radius 2 is 2.13 bits per heavy atom. The Hall–Kier alpha value is -3.28. The molecule has 1 aromatic heterocycles. The van der Waals surface area contributed by atoms with E-state index in [2.05, 4.69) is 25.5 Å². The number of carbonyl (C=O) groups excluding carboxylic acids is 2. The van der Waals surface area contributed by atoms with Crippen LogP contribution in [0.4, 0.5) is 0 Å². The van der Waals surface area contributed by atoms with Gasteiger partial charge in [-0.05, 0) is 17.7 Å². The largest absolute Gasteiger partial charge is 0.464 e. The van der Waals surface area contributed by atoms with Gasteiger partial charge in [0.15, 0.2) is 0 Å². The first-order valence-corrected chi connectivity index (χ1v) is 6.83. The summed E-state index contributed by atoms with van der Waals surface area (Å²) < 4.78 is 4.68. The van der Waals surface area contributed by atoms with Crippen molar-refractivity contribution < 1.29 is 14.3 Å². The molecule has 1 amide bonds. The number of rotatable bonds is 6. The van der Waals surface area contributed by atoms with Crippen molar-refractivity contribution in [2.45, 2.75) is 19.5 Å². The minimum Gasteiger partial charge on any atom is -0.464 e. The maximum absolute atomic E-state index is 11.9. The van der Waals surface area contributed by atoms with Gasteiger partial charge in [-0.2, -0.15) is 10.1 Å². The molecule has 0 saturated carbocycles. The monoisotopic (exact) mass is 314 g/mol. The van der Waals surface area contributed by atoms with Crippen LogP contribution < -0.4 is 5.32 Å². The number of esters is 1. The fourth-order valence-electron chi connectivity index (χ4n) is 1.71. The second-order valence-corrected chi connectivity index (χ2v) is 4.42. The van der Waals surface area contributed by atoms with E-state index in [1.54, 1.807) is 13.0 Å². The molecular weight excluding hydrogens is 300 g/mol. The van der Waals surface area contributed by atoms with Crippen molar-refractivity contribution in [1.29, 1.82) is 5.26 Å². The molecule has 0 fully saturated rings. The van der Waals surface area contributed by atoms with Crippen LogP contribution in [0, 0.1) is 11.3 Å². The van der Waals surface area contributed by atoms with Crippen molar-refractivity contribution in [3.63, 3.8) is 0 Å². The second kappa shape index (κ2) is 7.65. The number of amides is 1. The molecule has 1 N–H and O–H groups in total. The van der Waals surface area contributed by atoms with E-state index < -0.39 is 17.9 Å². The lowest BCUT2D eigenvalue weighted by molar-refractivity contribution is -0.143. The number of nitrogens with zero attached hydrogens (tertiary/aromatic N) is 5. The van der Waals surface area contributed by atoms with E-state index in [0.29, 0.717) is 6.54 Å². The summed E-state index contributed by atoms with van der Waals surface area (Å²) in [6.45, 7) is 2.06. The zero-order chi connectivity index (χ0) is 16.7. The molecule has 0 aliphatic heterocycles. The molecule has 0 aliphatic carbocycles. The quantitative estimate of drug-likeness (QED) is 0.739. The van der Waals surface area contributed by atoms with Crippen molar-refractivity contribution in [2.75, 3.05) is 6.61 Å². The third-order valence-electron chi connectivity index (χ3n) is 2.75. The summed E-state index contributed by atoms with van der Waals surface area (Å²) in [7, 11) is 0. The first-order chi connectivity index (χ1) is 11.1. The van der Waals surface area contributed by atoms with Crippen LogP contribution in [0.5, 0.6) is 0 Å². The number of nitriles is 1. The Morgan fingerprint density at radius 1 is 1.39 bits per heavy atom. The highest BCUT2D eigenvalue weighted by molar-refractivity contribution is 5.94. The molecule has 0 radical (unpaired) electrons. The minimum atomic E-state index is -1.41. The maximum Gasteiger partial charge on any atom is 0.343 e. The summed E-state index contributed by atoms with van der Waals surface area (Å²) >= 11 is 0. The predicted molar refractivity (Wildman–Crippen MR) is 76.9 cm³/mol. The van der Waals surface area contributed by atoms with E-state index in [1.807, 2.05) is 30.3 Å². The van der Waals surface area contributed by atoms with Crippen LogP contribution in [0.1, 0.15) is 23.1 Å². The lowest BCUT2D eigenvalue weighted by atomic mass is 10.2. The molecule has 1 atom stereocenters. The number of hydrogen-bond donors (Lipinski definition) is 1. The number of hydrogen-bond acceptors (Lipinski definition) is 7. The van der Waals surface area contributed by atoms with Gasteiger partial charge < -0.3 is 10.1 Å². The van der Waals surface area contributed by atoms with Gasteiger partial charge >= 0.3 is 5.97 Å². The third kappa shape index (κ3) is 4.34. The van der Waals surface area contributed by atoms with E-state index in [-0.39, 0.29) is 12.4 Å². The highest BCUT2D eigenvalue weighted by atomic mass is 16.5. The number of aromatic nitrogens is 4. The SMILES string of the molecule is CCOC(=O)C(C#N)NC(=O)c1nnn(Cc2ccccc2)n1. The molecule has 0 saturated heterocycles. The fourth-order valence-corrected chi connectivity index (χ4v) is 1.71. The summed E-state index contributed by atoms with van der Waals surface area (Å²) in [4.78, 5) is 24.7. The van der Waals surface area contributed by atoms with Gasteiger partial charge in [0.2, 0.25) is 6.04 Å². The first kappa shape index (κ1) is 16.1. The Morgan fingerprint density at radius 3 is 2.78 bits per heavy atom. The van der Waals surface area contributed by atoms with E-state index >= 15 is 0 Å². The standard InChI is InChI=1S/C14H14N6O3/c1-2-23-14(22)11(8-15)16-13(21)12-17-19-20(18-12)9-10-6-4-3-5-7-10/h3-7,11H,2,9H2,1H3,(H,16,21). The van der Waals surface area contributed by atoms with E-state index in [1.165, 1.54) is 4.80 Å². The van der Waals surface area contributed by atoms with Gasteiger partial charge in [0.1, 0.15) is 0 Å². The van der Waals surface area contributed by atoms with Gasteiger partial charge in [-0.15, -0.1) is 10.2 Å². The first-order valence-electron chi connectivity index (χ1n) is 6.83. The highest BCUT2D eigenvalue weighted by Gasteiger charge is 2.24. The molecule has 2 rings (SSSR count). The smallest absolute Gasteiger partial charge is 0.343 e. The molecule has 9 heteroatoms. The zero-order valence-electron chi connectivity index (χ0n) is 12.3. The van der Waals surface area contributed by atoms with Gasteiger partial charge in [0.05, 0.1) is 19.2 Å². The van der Waals surface area contributed by atoms with Gasteiger partial charge in [0, 0.05) is 0 Å². The summed E-state index contributed by atoms with van der Waals surface area (Å²) in [5.41, 5.74) is 0.943. The highest BCUT2D eigenvalue weighted by Crippen LogP contribution is 2.00. The molecule has 1 unspecified atom stereocenters. The topological polar surface area (TPSA) is 123 Å². The fraction of sp³-hybridized carbons (Fsp3) is 0.286. The summed E-state index contributed by atoms with van der Waals surface area (Å²) in [6, 6.07) is 9.63. The lowest BCUT2D eigenvalue weighted by Crippen LogP contribution is -2.41. The van der Waals surface area contributed by atoms with Crippen LogP contribution in [-0.4, -0.2) is 44.7 Å². The van der Waals surface area contributed by atoms with Crippen LogP contribution in [0.15, 0.2) is 30.3 Å². The number of carbonyl (C=O) groups is 2. The summed E-state index contributed by atoms with van der Waals surface area (Å²) in [5.74, 6) is -1.84. The number of ether oxygens (including phenoxy) is 1. The Balaban J connectivity index is 2.01. The number of tetrazole rings is 1. The Kier molecular flexibility index (Phi) is 5.35. The van der Waals surface area contributed by atoms with Crippen LogP contribution in [0.3, 0.4) is 0 Å². The van der Waals surface area contributed by atoms with Gasteiger partial charge in [-0.1, -0.05) is 30.3 Å². The minimum absolute atomic E-state index is 0.110. The molecule has 9 nitrogen and oxygen atoms in total. The normalized spacial score (nSPS) is 11.3. The average Bonchev–Trinajstić information content (AvgIpc) is 3.02. The van der Waals surface area contributed by atoms with Crippen molar-refractivity contribution in [3.05, 3.63) is 41.7 Å².